The van der Waals surface area contributed by atoms with E-state index in [2.05, 4.69) is 13.8 Å². The van der Waals surface area contributed by atoms with Gasteiger partial charge >= 0.3 is 5.97 Å². The molecule has 0 radical (unpaired) electrons. The van der Waals surface area contributed by atoms with Crippen molar-refractivity contribution in [3.63, 3.8) is 0 Å². The van der Waals surface area contributed by atoms with Gasteiger partial charge in [-0.25, -0.2) is 4.79 Å². The fraction of sp³-hybridized carbons (Fsp3) is 0.909. The van der Waals surface area contributed by atoms with E-state index in [0.29, 0.717) is 36.7 Å². The van der Waals surface area contributed by atoms with Crippen LogP contribution in [-0.4, -0.2) is 41.3 Å². The van der Waals surface area contributed by atoms with Crippen molar-refractivity contribution in [3.8, 4) is 0 Å². The summed E-state index contributed by atoms with van der Waals surface area (Å²) in [5.41, 5.74) is 0. The molecule has 0 saturated heterocycles. The maximum absolute atomic E-state index is 12.8. The molecule has 2 aliphatic rings. The lowest BCUT2D eigenvalue weighted by atomic mass is 9.84. The van der Waals surface area contributed by atoms with Crippen molar-refractivity contribution >= 4 is 11.8 Å². The van der Waals surface area contributed by atoms with Gasteiger partial charge in [-0.05, 0) is 55.8 Å². The van der Waals surface area contributed by atoms with Gasteiger partial charge in [0.05, 0.1) is 6.10 Å². The Balaban J connectivity index is 1.73. The predicted molar refractivity (Wildman–Crippen MR) is 104 cm³/mol. The van der Waals surface area contributed by atoms with Crippen molar-refractivity contribution in [3.05, 3.63) is 0 Å². The second kappa shape index (κ2) is 11.2. The molecule has 1 unspecified atom stereocenters. The minimum Gasteiger partial charge on any atom is -0.480 e. The summed E-state index contributed by atoms with van der Waals surface area (Å²) in [5, 5.41) is 19.1. The second-order valence-electron chi connectivity index (χ2n) is 8.93. The van der Waals surface area contributed by atoms with E-state index in [-0.39, 0.29) is 18.3 Å². The van der Waals surface area contributed by atoms with Crippen molar-refractivity contribution in [2.45, 2.75) is 84.2 Å². The Labute approximate surface area is 163 Å². The Kier molecular flexibility index (Phi) is 9.24. The third kappa shape index (κ3) is 6.86. The Morgan fingerprint density at radius 1 is 1.15 bits per heavy atom. The van der Waals surface area contributed by atoms with E-state index in [1.807, 2.05) is 0 Å². The summed E-state index contributed by atoms with van der Waals surface area (Å²) in [4.78, 5) is 23.3. The summed E-state index contributed by atoms with van der Waals surface area (Å²) in [6.07, 6.45) is 9.53. The first-order chi connectivity index (χ1) is 12.9. The third-order valence-corrected chi connectivity index (χ3v) is 6.71. The molecule has 0 heterocycles. The number of carboxylic acids is 1. The van der Waals surface area contributed by atoms with Crippen LogP contribution in [0.3, 0.4) is 0 Å². The molecule has 5 heteroatoms. The Bertz CT molecular complexity index is 477. The average molecular weight is 383 g/mol. The smallest absolute Gasteiger partial charge is 0.329 e. The van der Waals surface area contributed by atoms with Gasteiger partial charge in [-0.3, -0.25) is 4.79 Å². The number of aliphatic hydroxyl groups excluding tert-OH is 1. The van der Waals surface area contributed by atoms with Crippen LogP contribution in [0, 0.1) is 29.6 Å². The molecule has 0 aromatic heterocycles. The van der Waals surface area contributed by atoms with Crippen LogP contribution in [0.1, 0.15) is 78.1 Å². The van der Waals surface area contributed by atoms with Gasteiger partial charge in [0.1, 0.15) is 12.4 Å². The Hall–Kier alpha value is -0.940. The molecule has 2 rings (SSSR count). The minimum atomic E-state index is -0.934. The molecule has 0 aromatic carbocycles. The topological polar surface area (TPSA) is 83.8 Å². The van der Waals surface area contributed by atoms with Gasteiger partial charge in [-0.2, -0.15) is 0 Å². The van der Waals surface area contributed by atoms with Gasteiger partial charge in [0, 0.05) is 18.9 Å². The van der Waals surface area contributed by atoms with Gasteiger partial charge in [0.15, 0.2) is 0 Å². The first kappa shape index (κ1) is 22.4. The zero-order chi connectivity index (χ0) is 19.8. The molecule has 0 amide bonds. The second-order valence-corrected chi connectivity index (χ2v) is 8.93. The Morgan fingerprint density at radius 2 is 1.89 bits per heavy atom. The summed E-state index contributed by atoms with van der Waals surface area (Å²) in [7, 11) is 0. The van der Waals surface area contributed by atoms with Crippen molar-refractivity contribution in [2.24, 2.45) is 29.6 Å². The molecule has 5 nitrogen and oxygen atoms in total. The van der Waals surface area contributed by atoms with Gasteiger partial charge < -0.3 is 14.9 Å². The average Bonchev–Trinajstić information content (AvgIpc) is 3.12. The zero-order valence-electron chi connectivity index (χ0n) is 17.1. The molecule has 2 aliphatic carbocycles. The van der Waals surface area contributed by atoms with E-state index in [1.54, 1.807) is 0 Å². The summed E-state index contributed by atoms with van der Waals surface area (Å²) in [6.45, 7) is 4.71. The quantitative estimate of drug-likeness (QED) is 0.469. The highest BCUT2D eigenvalue weighted by atomic mass is 16.5. The number of hydrogen-bond acceptors (Lipinski definition) is 4. The number of carboxylic acid groups (broad SMARTS) is 1. The van der Waals surface area contributed by atoms with E-state index in [9.17, 15) is 14.7 Å². The van der Waals surface area contributed by atoms with Crippen molar-refractivity contribution in [1.82, 2.24) is 0 Å². The van der Waals surface area contributed by atoms with Crippen LogP contribution in [0.15, 0.2) is 0 Å². The molecule has 0 aliphatic heterocycles. The fourth-order valence-corrected chi connectivity index (χ4v) is 5.32. The van der Waals surface area contributed by atoms with Gasteiger partial charge in [-0.15, -0.1) is 0 Å². The van der Waals surface area contributed by atoms with E-state index in [0.717, 1.165) is 38.5 Å². The van der Waals surface area contributed by atoms with Crippen molar-refractivity contribution < 1.29 is 24.5 Å². The maximum atomic E-state index is 12.8. The molecule has 0 bridgehead atoms. The molecule has 156 valence electrons. The highest BCUT2D eigenvalue weighted by Gasteiger charge is 2.50. The predicted octanol–water partition coefficient (Wildman–Crippen LogP) is 4.07. The third-order valence-electron chi connectivity index (χ3n) is 6.71. The first-order valence-corrected chi connectivity index (χ1v) is 10.9. The maximum Gasteiger partial charge on any atom is 0.329 e. The molecule has 2 N–H and O–H groups in total. The number of rotatable bonds is 13. The van der Waals surface area contributed by atoms with Crippen LogP contribution >= 0.6 is 0 Å². The van der Waals surface area contributed by atoms with Gasteiger partial charge in [0.2, 0.25) is 0 Å². The number of carbonyl (C=O) groups excluding carboxylic acids is 1. The number of unbranched alkanes of at least 4 members (excludes halogenated alkanes) is 1. The van der Waals surface area contributed by atoms with Gasteiger partial charge in [0.25, 0.3) is 0 Å². The minimum absolute atomic E-state index is 0.175. The summed E-state index contributed by atoms with van der Waals surface area (Å²) in [6, 6.07) is 0. The molecule has 27 heavy (non-hydrogen) atoms. The van der Waals surface area contributed by atoms with E-state index in [4.69, 9.17) is 9.84 Å². The lowest BCUT2D eigenvalue weighted by Gasteiger charge is -2.21. The van der Waals surface area contributed by atoms with Crippen molar-refractivity contribution in [1.29, 1.82) is 0 Å². The zero-order valence-corrected chi connectivity index (χ0v) is 17.1. The highest BCUT2D eigenvalue weighted by Crippen LogP contribution is 2.51. The normalized spacial score (nSPS) is 31.0. The highest BCUT2D eigenvalue weighted by molar-refractivity contribution is 5.82. The number of aliphatic carboxylic acids is 1. The number of hydrogen-bond donors (Lipinski definition) is 2. The lowest BCUT2D eigenvalue weighted by Crippen LogP contribution is -2.28. The summed E-state index contributed by atoms with van der Waals surface area (Å²) in [5.74, 6) is 1.09. The van der Waals surface area contributed by atoms with E-state index in [1.165, 1.54) is 19.3 Å². The molecule has 0 spiro atoms. The molecular weight excluding hydrogens is 344 g/mol. The van der Waals surface area contributed by atoms with Crippen LogP contribution in [0.25, 0.3) is 0 Å². The summed E-state index contributed by atoms with van der Waals surface area (Å²) < 4.78 is 5.16. The SMILES string of the molecule is CCCCC(C)CCCC(=O)[C@H]1[C@@H]2C[C@H](CCOCC(=O)O)C[C@@H]2C[C@@H]1O. The molecule has 6 atom stereocenters. The fourth-order valence-electron chi connectivity index (χ4n) is 5.32. The lowest BCUT2D eigenvalue weighted by molar-refractivity contribution is -0.142. The monoisotopic (exact) mass is 382 g/mol. The van der Waals surface area contributed by atoms with Gasteiger partial charge in [-0.1, -0.05) is 39.5 Å². The van der Waals surface area contributed by atoms with E-state index >= 15 is 0 Å². The number of fused-ring (bicyclic) bond motifs is 1. The molecule has 2 saturated carbocycles. The van der Waals surface area contributed by atoms with Crippen LogP contribution in [0.4, 0.5) is 0 Å². The summed E-state index contributed by atoms with van der Waals surface area (Å²) >= 11 is 0. The van der Waals surface area contributed by atoms with Crippen molar-refractivity contribution in [2.75, 3.05) is 13.2 Å². The van der Waals surface area contributed by atoms with Crippen LogP contribution < -0.4 is 0 Å². The number of aliphatic hydroxyl groups is 1. The first-order valence-electron chi connectivity index (χ1n) is 10.9. The van der Waals surface area contributed by atoms with Crippen LogP contribution in [0.5, 0.6) is 0 Å². The molecular formula is C22H38O5. The van der Waals surface area contributed by atoms with E-state index < -0.39 is 12.1 Å². The number of carbonyl (C=O) groups is 2. The number of ketones is 1. The van der Waals surface area contributed by atoms with Crippen LogP contribution in [0.2, 0.25) is 0 Å². The molecule has 0 aromatic rings. The standard InChI is InChI=1S/C22H38O5/c1-3-4-6-15(2)7-5-8-19(23)22-18-12-16(9-10-27-14-21(25)26)11-17(18)13-20(22)24/h15-18,20,22,24H,3-14H2,1-2H3,(H,25,26)/t15?,16-,17-,18-,20+,22-/m1/s1. The Morgan fingerprint density at radius 3 is 2.59 bits per heavy atom. The molecule has 2 fully saturated rings. The number of ether oxygens (including phenoxy) is 1. The van der Waals surface area contributed by atoms with Crippen LogP contribution in [-0.2, 0) is 14.3 Å². The number of Topliss-reactive ketones (excluding diaryl/α,β-unsaturated/α-hetero) is 1. The largest absolute Gasteiger partial charge is 0.480 e.